The van der Waals surface area contributed by atoms with Gasteiger partial charge >= 0.3 is 0 Å². The predicted octanol–water partition coefficient (Wildman–Crippen LogP) is 3.34. The lowest BCUT2D eigenvalue weighted by Gasteiger charge is -2.07. The summed E-state index contributed by atoms with van der Waals surface area (Å²) in [4.78, 5) is 16.7. The first-order chi connectivity index (χ1) is 10.7. The van der Waals surface area contributed by atoms with Crippen LogP contribution in [0.1, 0.15) is 5.56 Å². The SMILES string of the molecule is COc1ccc(NC(=O)CO/N=C\c2ccccc2)cc1Cl. The quantitative estimate of drug-likeness (QED) is 0.656. The lowest BCUT2D eigenvalue weighted by Crippen LogP contribution is -2.16. The molecule has 1 N–H and O–H groups in total. The van der Waals surface area contributed by atoms with Crippen LogP contribution in [0.15, 0.2) is 53.7 Å². The van der Waals surface area contributed by atoms with Gasteiger partial charge in [0.25, 0.3) is 5.91 Å². The minimum absolute atomic E-state index is 0.188. The number of benzene rings is 2. The Labute approximate surface area is 133 Å². The number of rotatable bonds is 6. The molecule has 0 heterocycles. The third-order valence-electron chi connectivity index (χ3n) is 2.71. The van der Waals surface area contributed by atoms with E-state index in [0.717, 1.165) is 5.56 Å². The molecule has 5 nitrogen and oxygen atoms in total. The molecule has 0 aliphatic carbocycles. The number of oxime groups is 1. The fraction of sp³-hybridized carbons (Fsp3) is 0.125. The third kappa shape index (κ3) is 4.79. The molecule has 0 fully saturated rings. The van der Waals surface area contributed by atoms with Crippen LogP contribution in [0, 0.1) is 0 Å². The van der Waals surface area contributed by atoms with Crippen molar-refractivity contribution >= 4 is 29.4 Å². The van der Waals surface area contributed by atoms with Crippen LogP contribution in [-0.2, 0) is 9.63 Å². The predicted molar refractivity (Wildman–Crippen MR) is 86.6 cm³/mol. The third-order valence-corrected chi connectivity index (χ3v) is 3.00. The Morgan fingerprint density at radius 3 is 2.73 bits per heavy atom. The Morgan fingerprint density at radius 2 is 2.05 bits per heavy atom. The zero-order valence-corrected chi connectivity index (χ0v) is 12.7. The standard InChI is InChI=1S/C16H15ClN2O3/c1-21-15-8-7-13(9-14(15)17)19-16(20)11-22-18-10-12-5-3-2-4-6-12/h2-10H,11H2,1H3,(H,19,20)/b18-10-. The Hall–Kier alpha value is -2.53. The summed E-state index contributed by atoms with van der Waals surface area (Å²) in [5, 5.41) is 6.81. The second-order valence-electron chi connectivity index (χ2n) is 4.32. The number of methoxy groups -OCH3 is 1. The fourth-order valence-corrected chi connectivity index (χ4v) is 1.93. The van der Waals surface area contributed by atoms with Gasteiger partial charge in [0.1, 0.15) is 5.75 Å². The van der Waals surface area contributed by atoms with Crippen LogP contribution >= 0.6 is 11.6 Å². The molecule has 1 amide bonds. The molecule has 22 heavy (non-hydrogen) atoms. The minimum Gasteiger partial charge on any atom is -0.495 e. The van der Waals surface area contributed by atoms with Gasteiger partial charge in [-0.15, -0.1) is 0 Å². The molecule has 6 heteroatoms. The van der Waals surface area contributed by atoms with Crippen molar-refractivity contribution in [1.29, 1.82) is 0 Å². The lowest BCUT2D eigenvalue weighted by atomic mass is 10.2. The van der Waals surface area contributed by atoms with Gasteiger partial charge in [-0.1, -0.05) is 47.1 Å². The Balaban J connectivity index is 1.81. The highest BCUT2D eigenvalue weighted by atomic mass is 35.5. The molecular weight excluding hydrogens is 304 g/mol. The van der Waals surface area contributed by atoms with Crippen LogP contribution in [0.3, 0.4) is 0 Å². The lowest BCUT2D eigenvalue weighted by molar-refractivity contribution is -0.120. The number of hydrogen-bond donors (Lipinski definition) is 1. The number of anilines is 1. The Kier molecular flexibility index (Phi) is 5.80. The smallest absolute Gasteiger partial charge is 0.265 e. The molecule has 0 radical (unpaired) electrons. The zero-order valence-electron chi connectivity index (χ0n) is 12.0. The van der Waals surface area contributed by atoms with Crippen molar-refractivity contribution in [3.63, 3.8) is 0 Å². The van der Waals surface area contributed by atoms with Crippen molar-refractivity contribution in [2.24, 2.45) is 5.16 Å². The van der Waals surface area contributed by atoms with Gasteiger partial charge in [-0.2, -0.15) is 0 Å². The second kappa shape index (κ2) is 8.05. The summed E-state index contributed by atoms with van der Waals surface area (Å²) in [6, 6.07) is 14.4. The summed E-state index contributed by atoms with van der Waals surface area (Å²) >= 11 is 5.98. The molecule has 2 rings (SSSR count). The van der Waals surface area contributed by atoms with Crippen molar-refractivity contribution in [1.82, 2.24) is 0 Å². The number of nitrogens with one attached hydrogen (secondary N) is 1. The number of carbonyl (C=O) groups excluding carboxylic acids is 1. The fourth-order valence-electron chi connectivity index (χ4n) is 1.67. The molecule has 0 saturated carbocycles. The highest BCUT2D eigenvalue weighted by molar-refractivity contribution is 6.32. The summed E-state index contributed by atoms with van der Waals surface area (Å²) in [5.74, 6) is 0.217. The maximum absolute atomic E-state index is 11.7. The zero-order chi connectivity index (χ0) is 15.8. The molecule has 0 bridgehead atoms. The largest absolute Gasteiger partial charge is 0.495 e. The number of ether oxygens (including phenoxy) is 1. The van der Waals surface area contributed by atoms with Gasteiger partial charge < -0.3 is 14.9 Å². The summed E-state index contributed by atoms with van der Waals surface area (Å²) in [7, 11) is 1.53. The van der Waals surface area contributed by atoms with E-state index >= 15 is 0 Å². The van der Waals surface area contributed by atoms with Crippen molar-refractivity contribution in [3.8, 4) is 5.75 Å². The first-order valence-electron chi connectivity index (χ1n) is 6.53. The normalized spacial score (nSPS) is 10.5. The van der Waals surface area contributed by atoms with E-state index in [0.29, 0.717) is 16.5 Å². The van der Waals surface area contributed by atoms with Crippen molar-refractivity contribution in [2.75, 3.05) is 19.0 Å². The Morgan fingerprint density at radius 1 is 1.27 bits per heavy atom. The van der Waals surface area contributed by atoms with E-state index in [1.807, 2.05) is 30.3 Å². The number of halogens is 1. The molecule has 0 spiro atoms. The van der Waals surface area contributed by atoms with Crippen molar-refractivity contribution in [2.45, 2.75) is 0 Å². The van der Waals surface area contributed by atoms with Gasteiger partial charge in [-0.25, -0.2) is 0 Å². The maximum atomic E-state index is 11.7. The topological polar surface area (TPSA) is 59.9 Å². The minimum atomic E-state index is -0.327. The number of amides is 1. The molecule has 2 aromatic rings. The molecule has 0 unspecified atom stereocenters. The van der Waals surface area contributed by atoms with E-state index in [1.165, 1.54) is 13.3 Å². The molecule has 0 saturated heterocycles. The van der Waals surface area contributed by atoms with E-state index in [-0.39, 0.29) is 12.5 Å². The van der Waals surface area contributed by atoms with Crippen LogP contribution in [0.4, 0.5) is 5.69 Å². The van der Waals surface area contributed by atoms with E-state index in [1.54, 1.807) is 18.2 Å². The maximum Gasteiger partial charge on any atom is 0.265 e. The summed E-state index contributed by atoms with van der Waals surface area (Å²) in [5.41, 5.74) is 1.45. The Bertz CT molecular complexity index is 660. The highest BCUT2D eigenvalue weighted by Crippen LogP contribution is 2.27. The van der Waals surface area contributed by atoms with Crippen molar-refractivity contribution < 1.29 is 14.4 Å². The summed E-state index contributed by atoms with van der Waals surface area (Å²) in [6.07, 6.45) is 1.54. The molecule has 0 aliphatic heterocycles. The van der Waals surface area contributed by atoms with E-state index in [9.17, 15) is 4.79 Å². The molecule has 2 aromatic carbocycles. The monoisotopic (exact) mass is 318 g/mol. The van der Waals surface area contributed by atoms with Gasteiger partial charge in [-0.05, 0) is 23.8 Å². The van der Waals surface area contributed by atoms with Crippen LogP contribution in [0.25, 0.3) is 0 Å². The number of carbonyl (C=O) groups is 1. The number of hydrogen-bond acceptors (Lipinski definition) is 4. The van der Waals surface area contributed by atoms with Crippen LogP contribution in [0.5, 0.6) is 5.75 Å². The van der Waals surface area contributed by atoms with E-state index in [4.69, 9.17) is 21.2 Å². The summed E-state index contributed by atoms with van der Waals surface area (Å²) < 4.78 is 5.04. The average molecular weight is 319 g/mol. The van der Waals surface area contributed by atoms with Gasteiger partial charge in [0, 0.05) is 5.69 Å². The highest BCUT2D eigenvalue weighted by Gasteiger charge is 2.06. The molecule has 114 valence electrons. The van der Waals surface area contributed by atoms with Crippen LogP contribution in [0.2, 0.25) is 5.02 Å². The molecule has 0 aromatic heterocycles. The summed E-state index contributed by atoms with van der Waals surface area (Å²) in [6.45, 7) is -0.188. The molecule has 0 atom stereocenters. The molecular formula is C16H15ClN2O3. The van der Waals surface area contributed by atoms with Gasteiger partial charge in [0.15, 0.2) is 6.61 Å². The van der Waals surface area contributed by atoms with E-state index in [2.05, 4.69) is 10.5 Å². The van der Waals surface area contributed by atoms with E-state index < -0.39 is 0 Å². The van der Waals surface area contributed by atoms with Gasteiger partial charge in [0.2, 0.25) is 0 Å². The first-order valence-corrected chi connectivity index (χ1v) is 6.90. The second-order valence-corrected chi connectivity index (χ2v) is 4.72. The molecule has 0 aliphatic rings. The number of nitrogens with zero attached hydrogens (tertiary/aromatic N) is 1. The van der Waals surface area contributed by atoms with Crippen LogP contribution in [-0.4, -0.2) is 25.8 Å². The van der Waals surface area contributed by atoms with Gasteiger partial charge in [-0.3, -0.25) is 4.79 Å². The van der Waals surface area contributed by atoms with Crippen LogP contribution < -0.4 is 10.1 Å². The van der Waals surface area contributed by atoms with Gasteiger partial charge in [0.05, 0.1) is 18.3 Å². The van der Waals surface area contributed by atoms with Crippen molar-refractivity contribution in [3.05, 3.63) is 59.1 Å². The average Bonchev–Trinajstić information content (AvgIpc) is 2.53. The first kappa shape index (κ1) is 15.9.